The number of ether oxygens (including phenoxy) is 2. The molecule has 3 rings (SSSR count). The van der Waals surface area contributed by atoms with Gasteiger partial charge in [0.05, 0.1) is 57.0 Å². The maximum absolute atomic E-state index is 15.6. The number of benzene rings is 1. The highest BCUT2D eigenvalue weighted by Crippen LogP contribution is 2.31. The third kappa shape index (κ3) is 35.7. The zero-order chi connectivity index (χ0) is 112. The van der Waals surface area contributed by atoms with Gasteiger partial charge in [-0.15, -0.1) is 0 Å². The van der Waals surface area contributed by atoms with Gasteiger partial charge in [0.15, 0.2) is 5.72 Å². The predicted molar refractivity (Wildman–Crippen MR) is 522 cm³/mol. The average molecular weight is 2070 g/mol. The number of fused-ring (bicyclic) bond motifs is 1. The quantitative estimate of drug-likeness (QED) is 0.0272. The van der Waals surface area contributed by atoms with Crippen LogP contribution in [0, 0.1) is 41.4 Å². The van der Waals surface area contributed by atoms with E-state index in [2.05, 4.69) is 58.5 Å². The zero-order valence-corrected chi connectivity index (χ0v) is 87.6. The van der Waals surface area contributed by atoms with E-state index < -0.39 is 349 Å². The molecule has 0 bridgehead atoms. The lowest BCUT2D eigenvalue weighted by Gasteiger charge is -2.42. The van der Waals surface area contributed by atoms with Crippen molar-refractivity contribution in [2.24, 2.45) is 70.1 Å². The van der Waals surface area contributed by atoms with E-state index in [1.54, 1.807) is 105 Å². The Morgan fingerprint density at radius 3 is 1.51 bits per heavy atom. The van der Waals surface area contributed by atoms with E-state index in [1.807, 2.05) is 0 Å². The number of amides is 25. The second-order valence-corrected chi connectivity index (χ2v) is 38.4. The molecule has 146 heavy (non-hydrogen) atoms. The van der Waals surface area contributed by atoms with Crippen molar-refractivity contribution < 1.29 is 134 Å². The lowest BCUT2D eigenvalue weighted by atomic mass is 9.89. The van der Waals surface area contributed by atoms with Crippen molar-refractivity contribution in [3.8, 4) is 0 Å². The number of hydrogen-bond donors (Lipinski definition) is 18. The number of rotatable bonds is 40. The Hall–Kier alpha value is -14.1. The van der Waals surface area contributed by atoms with Gasteiger partial charge in [0.25, 0.3) is 0 Å². The molecule has 52 heteroatoms. The van der Waals surface area contributed by atoms with Crippen molar-refractivity contribution in [3.63, 3.8) is 0 Å². The van der Waals surface area contributed by atoms with Gasteiger partial charge in [0.1, 0.15) is 103 Å². The summed E-state index contributed by atoms with van der Waals surface area (Å²) in [6.07, 6.45) is -7.70. The fourth-order valence-corrected chi connectivity index (χ4v) is 16.9. The molecule has 23 atom stereocenters. The minimum absolute atomic E-state index is 0.0104. The van der Waals surface area contributed by atoms with E-state index in [4.69, 9.17) is 38.1 Å². The number of primary amides is 5. The van der Waals surface area contributed by atoms with Gasteiger partial charge < -0.3 is 136 Å². The van der Waals surface area contributed by atoms with Crippen molar-refractivity contribution in [1.29, 1.82) is 0 Å². The molecule has 2 heterocycles. The smallest absolute Gasteiger partial charge is 0.329 e. The van der Waals surface area contributed by atoms with Crippen LogP contribution in [0.4, 0.5) is 4.79 Å². The van der Waals surface area contributed by atoms with E-state index in [0.29, 0.717) is 10.5 Å². The van der Waals surface area contributed by atoms with Crippen LogP contribution in [-0.2, 0) is 131 Å². The summed E-state index contributed by atoms with van der Waals surface area (Å²) in [4.78, 5) is 363. The van der Waals surface area contributed by atoms with Gasteiger partial charge in [0, 0.05) is 62.9 Å². The fraction of sp³-hybridized carbons (Fsp3) is 0.670. The number of nitrogens with one attached hydrogen (secondary N) is 12. The summed E-state index contributed by atoms with van der Waals surface area (Å²) in [5, 5.41) is 39.8. The molecule has 23 N–H and O–H groups in total. The van der Waals surface area contributed by atoms with Crippen LogP contribution in [-0.4, -0.2) is 365 Å². The van der Waals surface area contributed by atoms with Crippen LogP contribution in [0.2, 0.25) is 0 Å². The van der Waals surface area contributed by atoms with Crippen molar-refractivity contribution >= 4 is 148 Å². The van der Waals surface area contributed by atoms with Gasteiger partial charge in [-0.1, -0.05) is 139 Å². The molecule has 2 aliphatic heterocycles. The number of aliphatic hydroxyl groups is 1. The SMILES string of the molecule is CCC(C)C1NC(=O)C(C)NC(=O)C(CC(N)=O)NC(=O)CN(C)C(=O)C(CC(N)=O)NC(=O)C(NC(=O)C(CC(N)=O)NC(=O)C(CC(C)C)N(C)C(=O)C(C(C)C)N(C)C(=O)C(C(C)CC)N(C)C(=O)C(CC(N)=O)N(C)C(=O)C(C(C)CC)N(C)C(=O)C(Cc2ccccc2)NC(=O)COC)C(C)OC(=O)C(C(C)CC)N(C)C(=O)C(C)NC(=O)C(CC(=O)NC(N)=O)NC(=O)C(C)C2(O)NC(=O)CC2NC1=O. The standard InChI is InChI=1S/C94H152N24O28/c1-25-46(9)71-83(133)107-62-41-68(124)111-94(62,144)50(13)77(127)104-57(39-67(123)108-93(99)143)80(130)101-52(15)85(135)118(23)76(49(12)28-4)92(142)146-53(16)72(84(134)106-59(38-65(97)121)86(136)112(17)42-69(125)102-55(36-63(95)119)79(129)100-51(14)78(128)109-71)110-81(131)56(37-64(96)120)105-82(132)60(34-44(5)6)113(18)89(139)73(45(7)8)115(20)91(141)75(48(11)27-3)117(22)88(138)61(40-66(98)122)114(19)90(140)74(47(10)26-2)116(21)87(137)58(103-70(126)43-145-24)35-54-32-30-29-31-33-54/h29-33,44-53,55-62,71-76,144H,25-28,34-43H2,1-24H3,(H2,95,119)(H2,96,120)(H2,97,121)(H2,98,122)(H,100,129)(H,101,130)(H,102,125)(H,103,126)(H,104,127)(H,105,132)(H,106,134)(H,107,133)(H,109,128)(H,110,131)(H,111,124)(H3,99,108,123,143). The lowest BCUT2D eigenvalue weighted by molar-refractivity contribution is -0.163. The number of esters is 1. The summed E-state index contributed by atoms with van der Waals surface area (Å²) < 4.78 is 11.0. The number of imide groups is 1. The Morgan fingerprint density at radius 1 is 0.507 bits per heavy atom. The Bertz CT molecular complexity index is 4910. The molecule has 2 saturated heterocycles. The number of cyclic esters (lactones) is 1. The maximum atomic E-state index is 15.6. The molecule has 2 fully saturated rings. The molecule has 0 radical (unpaired) electrons. The van der Waals surface area contributed by atoms with Crippen LogP contribution in [0.1, 0.15) is 187 Å². The number of urea groups is 1. The summed E-state index contributed by atoms with van der Waals surface area (Å²) in [6, 6.07) is -21.3. The Balaban J connectivity index is 2.34. The number of methoxy groups -OCH3 is 1. The first kappa shape index (κ1) is 126. The molecule has 0 aromatic heterocycles. The molecule has 23 unspecified atom stereocenters. The van der Waals surface area contributed by atoms with Crippen LogP contribution >= 0.6 is 0 Å². The first-order valence-electron chi connectivity index (χ1n) is 48.2. The third-order valence-electron chi connectivity index (χ3n) is 26.2. The van der Waals surface area contributed by atoms with Gasteiger partial charge >= 0.3 is 12.0 Å². The largest absolute Gasteiger partial charge is 0.458 e. The molecule has 0 aliphatic carbocycles. The Kier molecular flexibility index (Phi) is 49.7. The molecule has 25 amide bonds. The highest BCUT2D eigenvalue weighted by atomic mass is 16.5. The molecule has 1 aromatic carbocycles. The summed E-state index contributed by atoms with van der Waals surface area (Å²) in [6.45, 7) is 21.9. The third-order valence-corrected chi connectivity index (χ3v) is 26.2. The van der Waals surface area contributed by atoms with Crippen LogP contribution in [0.5, 0.6) is 0 Å². The van der Waals surface area contributed by atoms with E-state index in [-0.39, 0.29) is 38.5 Å². The highest BCUT2D eigenvalue weighted by molar-refractivity contribution is 6.04. The fourth-order valence-electron chi connectivity index (χ4n) is 16.9. The molecule has 2 aliphatic rings. The summed E-state index contributed by atoms with van der Waals surface area (Å²) in [7, 11) is 9.56. The van der Waals surface area contributed by atoms with Crippen molar-refractivity contribution in [1.82, 2.24) is 98.1 Å². The Morgan fingerprint density at radius 2 is 1.01 bits per heavy atom. The molecule has 816 valence electrons. The van der Waals surface area contributed by atoms with Gasteiger partial charge in [-0.2, -0.15) is 0 Å². The van der Waals surface area contributed by atoms with E-state index in [0.717, 1.165) is 71.2 Å². The van der Waals surface area contributed by atoms with Crippen LogP contribution < -0.4 is 92.5 Å². The van der Waals surface area contributed by atoms with Gasteiger partial charge in [0.2, 0.25) is 136 Å². The molecule has 1 aromatic rings. The first-order chi connectivity index (χ1) is 67.8. The predicted octanol–water partition coefficient (Wildman–Crippen LogP) is -7.05. The number of hydrogen-bond acceptors (Lipinski definition) is 28. The summed E-state index contributed by atoms with van der Waals surface area (Å²) in [5.74, 6) is -34.2. The number of nitrogens with zero attached hydrogens (tertiary/aromatic N) is 7. The van der Waals surface area contributed by atoms with Crippen molar-refractivity contribution in [2.45, 2.75) is 296 Å². The minimum atomic E-state index is -2.77. The number of carbonyl (C=O) groups excluding carboxylic acids is 25. The summed E-state index contributed by atoms with van der Waals surface area (Å²) >= 11 is 0. The van der Waals surface area contributed by atoms with Gasteiger partial charge in [-0.3, -0.25) is 116 Å². The lowest BCUT2D eigenvalue weighted by Crippen LogP contribution is -2.65. The normalized spacial score (nSPS) is 23.4. The van der Waals surface area contributed by atoms with Crippen LogP contribution in [0.3, 0.4) is 0 Å². The van der Waals surface area contributed by atoms with Crippen molar-refractivity contribution in [2.75, 3.05) is 69.6 Å². The van der Waals surface area contributed by atoms with E-state index >= 15 is 38.4 Å². The molecular formula is C94H152N24O28. The highest BCUT2D eigenvalue weighted by Gasteiger charge is 2.55. The molecule has 0 saturated carbocycles. The number of carbonyl (C=O) groups is 25. The molecular weight excluding hydrogens is 1910 g/mol. The topological polar surface area (TPSA) is 763 Å². The maximum Gasteiger partial charge on any atom is 0.329 e. The van der Waals surface area contributed by atoms with Gasteiger partial charge in [-0.25, -0.2) is 9.59 Å². The number of nitrogens with two attached hydrogens (primary N) is 5. The minimum Gasteiger partial charge on any atom is -0.458 e. The average Bonchev–Trinajstić information content (AvgIpc) is 1.66. The van der Waals surface area contributed by atoms with Gasteiger partial charge in [-0.05, 0) is 75.2 Å². The van der Waals surface area contributed by atoms with E-state index in [9.17, 15) is 86.6 Å². The van der Waals surface area contributed by atoms with E-state index in [1.165, 1.54) is 56.2 Å². The van der Waals surface area contributed by atoms with Crippen LogP contribution in [0.25, 0.3) is 0 Å². The first-order valence-corrected chi connectivity index (χ1v) is 48.2. The zero-order valence-electron chi connectivity index (χ0n) is 87.6. The molecule has 52 nitrogen and oxygen atoms in total. The second-order valence-electron chi connectivity index (χ2n) is 38.4. The van der Waals surface area contributed by atoms with Crippen molar-refractivity contribution in [3.05, 3.63) is 35.9 Å². The second kappa shape index (κ2) is 57.5. The number of likely N-dealkylation sites (N-methyl/N-ethyl adjacent to an activating group) is 7. The molecule has 0 spiro atoms. The van der Waals surface area contributed by atoms with Crippen LogP contribution in [0.15, 0.2) is 30.3 Å². The monoisotopic (exact) mass is 2070 g/mol. The summed E-state index contributed by atoms with van der Waals surface area (Å²) in [5.41, 5.74) is 25.9. The Labute approximate surface area is 848 Å².